The first-order valence-electron chi connectivity index (χ1n) is 5.23. The van der Waals surface area contributed by atoms with Crippen LogP contribution in [0.4, 0.5) is 0 Å². The van der Waals surface area contributed by atoms with Crippen molar-refractivity contribution < 1.29 is 4.79 Å². The Morgan fingerprint density at radius 2 is 2.23 bits per heavy atom. The minimum absolute atomic E-state index is 0.193. The topological polar surface area (TPSA) is 20.3 Å². The molecule has 0 aromatic rings. The molecule has 0 spiro atoms. The Morgan fingerprint density at radius 1 is 1.54 bits per heavy atom. The van der Waals surface area contributed by atoms with Crippen LogP contribution in [0.15, 0.2) is 12.2 Å². The van der Waals surface area contributed by atoms with E-state index in [4.69, 9.17) is 0 Å². The van der Waals surface area contributed by atoms with Crippen LogP contribution in [0, 0.1) is 0 Å². The molecule has 0 saturated heterocycles. The Bertz CT molecular complexity index is 194. The van der Waals surface area contributed by atoms with Gasteiger partial charge in [0.05, 0.1) is 0 Å². The quantitative estimate of drug-likeness (QED) is 0.596. The van der Waals surface area contributed by atoms with Crippen molar-refractivity contribution in [1.82, 2.24) is 4.90 Å². The third-order valence-corrected chi connectivity index (χ3v) is 2.33. The molecule has 0 N–H and O–H groups in total. The van der Waals surface area contributed by atoms with Crippen molar-refractivity contribution in [2.75, 3.05) is 6.54 Å². The summed E-state index contributed by atoms with van der Waals surface area (Å²) in [7, 11) is 0. The lowest BCUT2D eigenvalue weighted by molar-refractivity contribution is -0.126. The Hall–Kier alpha value is -0.790. The van der Waals surface area contributed by atoms with Gasteiger partial charge in [-0.1, -0.05) is 19.4 Å². The molecule has 0 unspecified atom stereocenters. The van der Waals surface area contributed by atoms with E-state index in [0.29, 0.717) is 6.04 Å². The van der Waals surface area contributed by atoms with Crippen LogP contribution in [-0.4, -0.2) is 23.4 Å². The summed E-state index contributed by atoms with van der Waals surface area (Å²) in [5.74, 6) is 0.193. The van der Waals surface area contributed by atoms with Gasteiger partial charge < -0.3 is 4.90 Å². The molecule has 0 aliphatic heterocycles. The molecule has 0 bridgehead atoms. The fraction of sp³-hybridized carbons (Fsp3) is 0.727. The highest BCUT2D eigenvalue weighted by Crippen LogP contribution is 2.27. The van der Waals surface area contributed by atoms with E-state index in [1.54, 1.807) is 6.08 Å². The highest BCUT2D eigenvalue weighted by Gasteiger charge is 2.30. The summed E-state index contributed by atoms with van der Waals surface area (Å²) < 4.78 is 0. The number of hydrogen-bond acceptors (Lipinski definition) is 1. The first-order valence-corrected chi connectivity index (χ1v) is 5.23. The summed E-state index contributed by atoms with van der Waals surface area (Å²) in [6.45, 7) is 4.98. The van der Waals surface area contributed by atoms with Gasteiger partial charge in [0.25, 0.3) is 0 Å². The average Bonchev–Trinajstić information content (AvgIpc) is 2.89. The van der Waals surface area contributed by atoms with Crippen molar-refractivity contribution in [3.63, 3.8) is 0 Å². The van der Waals surface area contributed by atoms with Gasteiger partial charge in [0.15, 0.2) is 0 Å². The van der Waals surface area contributed by atoms with Gasteiger partial charge in [-0.3, -0.25) is 4.79 Å². The lowest BCUT2D eigenvalue weighted by Gasteiger charge is -2.20. The Kier molecular flexibility index (Phi) is 4.00. The van der Waals surface area contributed by atoms with E-state index in [1.165, 1.54) is 12.8 Å². The van der Waals surface area contributed by atoms with Crippen LogP contribution in [-0.2, 0) is 4.79 Å². The maximum Gasteiger partial charge on any atom is 0.246 e. The van der Waals surface area contributed by atoms with Crippen molar-refractivity contribution in [3.8, 4) is 0 Å². The van der Waals surface area contributed by atoms with Gasteiger partial charge in [-0.15, -0.1) is 0 Å². The largest absolute Gasteiger partial charge is 0.336 e. The molecule has 1 aliphatic carbocycles. The molecular weight excluding hydrogens is 162 g/mol. The van der Waals surface area contributed by atoms with Gasteiger partial charge in [0.1, 0.15) is 0 Å². The number of amides is 1. The molecule has 2 heteroatoms. The summed E-state index contributed by atoms with van der Waals surface area (Å²) in [6, 6.07) is 0.551. The van der Waals surface area contributed by atoms with E-state index in [0.717, 1.165) is 19.4 Å². The number of hydrogen-bond donors (Lipinski definition) is 0. The molecule has 2 nitrogen and oxygen atoms in total. The van der Waals surface area contributed by atoms with E-state index >= 15 is 0 Å². The van der Waals surface area contributed by atoms with Crippen LogP contribution in [0.2, 0.25) is 0 Å². The fourth-order valence-corrected chi connectivity index (χ4v) is 1.43. The second kappa shape index (κ2) is 5.05. The molecule has 0 aromatic carbocycles. The van der Waals surface area contributed by atoms with Gasteiger partial charge in [-0.2, -0.15) is 0 Å². The number of carbonyl (C=O) groups excluding carboxylic acids is 1. The number of unbranched alkanes of at least 4 members (excludes halogenated alkanes) is 1. The van der Waals surface area contributed by atoms with Gasteiger partial charge in [-0.25, -0.2) is 0 Å². The van der Waals surface area contributed by atoms with E-state index in [-0.39, 0.29) is 5.91 Å². The lowest BCUT2D eigenvalue weighted by atomic mass is 10.3. The summed E-state index contributed by atoms with van der Waals surface area (Å²) in [5, 5.41) is 0. The van der Waals surface area contributed by atoms with Gasteiger partial charge >= 0.3 is 0 Å². The SMILES string of the molecule is CC=CC(=O)N(CCCC)C1CC1. The van der Waals surface area contributed by atoms with Crippen LogP contribution in [0.5, 0.6) is 0 Å². The molecule has 0 heterocycles. The van der Waals surface area contributed by atoms with Crippen molar-refractivity contribution >= 4 is 5.91 Å². The monoisotopic (exact) mass is 181 g/mol. The Labute approximate surface area is 80.6 Å². The van der Waals surface area contributed by atoms with E-state index < -0.39 is 0 Å². The number of allylic oxidation sites excluding steroid dienone is 1. The molecule has 1 fully saturated rings. The van der Waals surface area contributed by atoms with Crippen LogP contribution >= 0.6 is 0 Å². The van der Waals surface area contributed by atoms with E-state index in [2.05, 4.69) is 6.92 Å². The maximum absolute atomic E-state index is 11.6. The molecular formula is C11H19NO. The highest BCUT2D eigenvalue weighted by molar-refractivity contribution is 5.87. The van der Waals surface area contributed by atoms with Crippen LogP contribution < -0.4 is 0 Å². The zero-order valence-corrected chi connectivity index (χ0v) is 8.62. The molecule has 1 amide bonds. The second-order valence-corrected chi connectivity index (χ2v) is 3.62. The number of nitrogens with zero attached hydrogens (tertiary/aromatic N) is 1. The molecule has 13 heavy (non-hydrogen) atoms. The van der Waals surface area contributed by atoms with Gasteiger partial charge in [0.2, 0.25) is 5.91 Å². The number of carbonyl (C=O) groups is 1. The minimum Gasteiger partial charge on any atom is -0.336 e. The molecule has 1 rings (SSSR count). The molecule has 0 aromatic heterocycles. The molecule has 1 aliphatic rings. The highest BCUT2D eigenvalue weighted by atomic mass is 16.2. The molecule has 0 radical (unpaired) electrons. The molecule has 74 valence electrons. The predicted octanol–water partition coefficient (Wildman–Crippen LogP) is 2.35. The van der Waals surface area contributed by atoms with Gasteiger partial charge in [0, 0.05) is 12.6 Å². The van der Waals surface area contributed by atoms with Crippen molar-refractivity contribution in [1.29, 1.82) is 0 Å². The predicted molar refractivity (Wildman–Crippen MR) is 54.5 cm³/mol. The van der Waals surface area contributed by atoms with Crippen molar-refractivity contribution in [3.05, 3.63) is 12.2 Å². The van der Waals surface area contributed by atoms with E-state index in [1.807, 2.05) is 17.9 Å². The zero-order valence-electron chi connectivity index (χ0n) is 8.62. The fourth-order valence-electron chi connectivity index (χ4n) is 1.43. The normalized spacial score (nSPS) is 16.5. The first-order chi connectivity index (χ1) is 6.29. The Balaban J connectivity index is 2.41. The average molecular weight is 181 g/mol. The standard InChI is InChI=1S/C11H19NO/c1-3-5-9-12(10-7-8-10)11(13)6-4-2/h4,6,10H,3,5,7-9H2,1-2H3. The van der Waals surface area contributed by atoms with Crippen LogP contribution in [0.25, 0.3) is 0 Å². The summed E-state index contributed by atoms with van der Waals surface area (Å²) in [4.78, 5) is 13.6. The third-order valence-electron chi connectivity index (χ3n) is 2.33. The second-order valence-electron chi connectivity index (χ2n) is 3.62. The number of rotatable bonds is 5. The summed E-state index contributed by atoms with van der Waals surface area (Å²) in [5.41, 5.74) is 0. The van der Waals surface area contributed by atoms with Crippen molar-refractivity contribution in [2.45, 2.75) is 45.6 Å². The lowest BCUT2D eigenvalue weighted by Crippen LogP contribution is -2.32. The van der Waals surface area contributed by atoms with Crippen LogP contribution in [0.1, 0.15) is 39.5 Å². The first kappa shape index (κ1) is 10.3. The van der Waals surface area contributed by atoms with E-state index in [9.17, 15) is 4.79 Å². The van der Waals surface area contributed by atoms with Crippen molar-refractivity contribution in [2.24, 2.45) is 0 Å². The minimum atomic E-state index is 0.193. The maximum atomic E-state index is 11.6. The summed E-state index contributed by atoms with van der Waals surface area (Å²) in [6.07, 6.45) is 8.18. The Morgan fingerprint density at radius 3 is 2.69 bits per heavy atom. The molecule has 1 saturated carbocycles. The van der Waals surface area contributed by atoms with Crippen LogP contribution in [0.3, 0.4) is 0 Å². The molecule has 0 atom stereocenters. The zero-order chi connectivity index (χ0) is 9.68. The summed E-state index contributed by atoms with van der Waals surface area (Å²) >= 11 is 0. The van der Waals surface area contributed by atoms with Gasteiger partial charge in [-0.05, 0) is 32.3 Å². The smallest absolute Gasteiger partial charge is 0.246 e. The third kappa shape index (κ3) is 3.21.